The molecule has 0 amide bonds. The molecular formula is C14H18N2O4S. The molecule has 1 aromatic carbocycles. The molecule has 0 aliphatic carbocycles. The van der Waals surface area contributed by atoms with Crippen LogP contribution in [-0.2, 0) is 14.8 Å². The number of hydrogen-bond acceptors (Lipinski definition) is 5. The Balaban J connectivity index is 2.01. The second kappa shape index (κ2) is 4.79. The monoisotopic (exact) mass is 310 g/mol. The molecular weight excluding hydrogens is 292 g/mol. The molecule has 1 unspecified atom stereocenters. The molecule has 1 saturated heterocycles. The number of morpholine rings is 1. The second-order valence-electron chi connectivity index (χ2n) is 5.95. The lowest BCUT2D eigenvalue weighted by atomic mass is 10.0. The van der Waals surface area contributed by atoms with E-state index in [1.807, 2.05) is 18.7 Å². The Bertz CT molecular complexity index is 697. The lowest BCUT2D eigenvalue weighted by Crippen LogP contribution is -2.55. The highest BCUT2D eigenvalue weighted by atomic mass is 32.2. The van der Waals surface area contributed by atoms with Gasteiger partial charge in [0.25, 0.3) is 10.0 Å². The Morgan fingerprint density at radius 2 is 2.14 bits per heavy atom. The molecule has 2 aliphatic rings. The summed E-state index contributed by atoms with van der Waals surface area (Å²) in [5.74, 6) is 0.445. The number of amidine groups is 1. The van der Waals surface area contributed by atoms with Crippen LogP contribution in [0.15, 0.2) is 33.6 Å². The van der Waals surface area contributed by atoms with Gasteiger partial charge in [-0.25, -0.2) is 0 Å². The lowest BCUT2D eigenvalue weighted by molar-refractivity contribution is -0.134. The molecule has 21 heavy (non-hydrogen) atoms. The molecule has 2 aliphatic heterocycles. The van der Waals surface area contributed by atoms with Gasteiger partial charge in [0.1, 0.15) is 4.90 Å². The van der Waals surface area contributed by atoms with Crippen LogP contribution in [-0.4, -0.2) is 55.7 Å². The van der Waals surface area contributed by atoms with E-state index in [1.165, 1.54) is 0 Å². The van der Waals surface area contributed by atoms with Gasteiger partial charge in [0.05, 0.1) is 18.3 Å². The Labute approximate surface area is 124 Å². The number of benzene rings is 1. The van der Waals surface area contributed by atoms with Crippen LogP contribution in [0.3, 0.4) is 0 Å². The maximum absolute atomic E-state index is 12.1. The average Bonchev–Trinajstić information content (AvgIpc) is 2.70. The van der Waals surface area contributed by atoms with Gasteiger partial charge < -0.3 is 14.7 Å². The number of sulfonamides is 1. The third-order valence-corrected chi connectivity index (χ3v) is 4.92. The van der Waals surface area contributed by atoms with E-state index in [-0.39, 0.29) is 17.6 Å². The zero-order chi connectivity index (χ0) is 15.3. The number of hydrogen-bond donors (Lipinski definition) is 1. The van der Waals surface area contributed by atoms with Crippen LogP contribution in [0.5, 0.6) is 0 Å². The molecule has 6 nitrogen and oxygen atoms in total. The average molecular weight is 310 g/mol. The molecule has 0 radical (unpaired) electrons. The number of rotatable bonds is 1. The standard InChI is InChI=1S/C14H18N2O4S/c1-14(2)9-16(7-10(8-17)20-14)13-11-5-3-4-6-12(11)21(18,19)15-13/h3-6,10,17H,7-9H2,1-2H3. The van der Waals surface area contributed by atoms with Crippen LogP contribution in [0.4, 0.5) is 0 Å². The first-order valence-corrected chi connectivity index (χ1v) is 8.24. The molecule has 0 aromatic heterocycles. The fourth-order valence-corrected chi connectivity index (χ4v) is 4.10. The molecule has 1 aromatic rings. The maximum atomic E-state index is 12.1. The van der Waals surface area contributed by atoms with Crippen molar-refractivity contribution in [2.24, 2.45) is 4.40 Å². The summed E-state index contributed by atoms with van der Waals surface area (Å²) in [5.41, 5.74) is 0.141. The van der Waals surface area contributed by atoms with Crippen molar-refractivity contribution in [2.45, 2.75) is 30.4 Å². The molecule has 1 N–H and O–H groups in total. The quantitative estimate of drug-likeness (QED) is 0.822. The summed E-state index contributed by atoms with van der Waals surface area (Å²) in [4.78, 5) is 2.12. The molecule has 2 heterocycles. The van der Waals surface area contributed by atoms with E-state index in [0.717, 1.165) is 0 Å². The van der Waals surface area contributed by atoms with Gasteiger partial charge in [-0.2, -0.15) is 8.42 Å². The van der Waals surface area contributed by atoms with Gasteiger partial charge in [0, 0.05) is 18.7 Å². The minimum atomic E-state index is -3.62. The van der Waals surface area contributed by atoms with Crippen LogP contribution >= 0.6 is 0 Å². The summed E-state index contributed by atoms with van der Waals surface area (Å²) in [6.07, 6.45) is -0.355. The molecule has 0 saturated carbocycles. The number of nitrogens with zero attached hydrogens (tertiary/aromatic N) is 2. The van der Waals surface area contributed by atoms with Crippen molar-refractivity contribution in [1.82, 2.24) is 4.90 Å². The fraction of sp³-hybridized carbons (Fsp3) is 0.500. The summed E-state index contributed by atoms with van der Waals surface area (Å²) in [7, 11) is -3.62. The van der Waals surface area contributed by atoms with Crippen LogP contribution in [0, 0.1) is 0 Å². The van der Waals surface area contributed by atoms with E-state index in [4.69, 9.17) is 4.74 Å². The molecule has 1 fully saturated rings. The van der Waals surface area contributed by atoms with Crippen LogP contribution in [0.25, 0.3) is 0 Å². The molecule has 7 heteroatoms. The first kappa shape index (κ1) is 14.5. The summed E-state index contributed by atoms with van der Waals surface area (Å²) in [6.45, 7) is 4.66. The van der Waals surface area contributed by atoms with Gasteiger partial charge in [0.15, 0.2) is 5.84 Å². The van der Waals surface area contributed by atoms with Crippen molar-refractivity contribution < 1.29 is 18.3 Å². The Morgan fingerprint density at radius 3 is 2.86 bits per heavy atom. The largest absolute Gasteiger partial charge is 0.394 e. The van der Waals surface area contributed by atoms with Gasteiger partial charge in [0.2, 0.25) is 0 Å². The van der Waals surface area contributed by atoms with Crippen molar-refractivity contribution in [1.29, 1.82) is 0 Å². The number of fused-ring (bicyclic) bond motifs is 1. The van der Waals surface area contributed by atoms with E-state index < -0.39 is 15.6 Å². The minimum Gasteiger partial charge on any atom is -0.394 e. The van der Waals surface area contributed by atoms with Gasteiger partial charge >= 0.3 is 0 Å². The molecule has 0 bridgehead atoms. The summed E-state index contributed by atoms with van der Waals surface area (Å²) >= 11 is 0. The number of aliphatic hydroxyl groups excluding tert-OH is 1. The number of ether oxygens (including phenoxy) is 1. The highest BCUT2D eigenvalue weighted by Crippen LogP contribution is 2.30. The van der Waals surface area contributed by atoms with Crippen molar-refractivity contribution in [2.75, 3.05) is 19.7 Å². The van der Waals surface area contributed by atoms with E-state index in [9.17, 15) is 13.5 Å². The van der Waals surface area contributed by atoms with Gasteiger partial charge in [-0.1, -0.05) is 12.1 Å². The molecule has 114 valence electrons. The minimum absolute atomic E-state index is 0.110. The zero-order valence-corrected chi connectivity index (χ0v) is 12.8. The van der Waals surface area contributed by atoms with E-state index in [0.29, 0.717) is 24.5 Å². The van der Waals surface area contributed by atoms with Gasteiger partial charge in [-0.3, -0.25) is 0 Å². The van der Waals surface area contributed by atoms with Crippen LogP contribution in [0.1, 0.15) is 19.4 Å². The zero-order valence-electron chi connectivity index (χ0n) is 12.0. The molecule has 3 rings (SSSR count). The SMILES string of the molecule is CC1(C)CN(C2=NS(=O)(=O)c3ccccc32)CC(CO)O1. The third-order valence-electron chi connectivity index (χ3n) is 3.60. The third kappa shape index (κ3) is 2.56. The highest BCUT2D eigenvalue weighted by Gasteiger charge is 2.39. The van der Waals surface area contributed by atoms with E-state index in [2.05, 4.69) is 4.40 Å². The predicted octanol–water partition coefficient (Wildman–Crippen LogP) is 0.607. The van der Waals surface area contributed by atoms with E-state index >= 15 is 0 Å². The first-order valence-electron chi connectivity index (χ1n) is 6.80. The maximum Gasteiger partial charge on any atom is 0.285 e. The lowest BCUT2D eigenvalue weighted by Gasteiger charge is -2.43. The summed E-state index contributed by atoms with van der Waals surface area (Å²) < 4.78 is 33.9. The van der Waals surface area contributed by atoms with Crippen molar-refractivity contribution in [3.63, 3.8) is 0 Å². The summed E-state index contributed by atoms with van der Waals surface area (Å²) in [5, 5.41) is 9.37. The van der Waals surface area contributed by atoms with Gasteiger partial charge in [-0.05, 0) is 26.0 Å². The van der Waals surface area contributed by atoms with E-state index in [1.54, 1.807) is 24.3 Å². The highest BCUT2D eigenvalue weighted by molar-refractivity contribution is 7.90. The van der Waals surface area contributed by atoms with Crippen molar-refractivity contribution >= 4 is 15.9 Å². The Morgan fingerprint density at radius 1 is 1.43 bits per heavy atom. The summed E-state index contributed by atoms with van der Waals surface area (Å²) in [6, 6.07) is 6.81. The van der Waals surface area contributed by atoms with Crippen molar-refractivity contribution in [3.05, 3.63) is 29.8 Å². The topological polar surface area (TPSA) is 79.2 Å². The number of aliphatic hydroxyl groups is 1. The molecule has 1 atom stereocenters. The Hall–Kier alpha value is -1.44. The van der Waals surface area contributed by atoms with Crippen LogP contribution < -0.4 is 0 Å². The normalized spacial score (nSPS) is 26.3. The Kier molecular flexibility index (Phi) is 3.31. The van der Waals surface area contributed by atoms with Gasteiger partial charge in [-0.15, -0.1) is 4.40 Å². The fourth-order valence-electron chi connectivity index (χ4n) is 2.87. The van der Waals surface area contributed by atoms with Crippen LogP contribution in [0.2, 0.25) is 0 Å². The second-order valence-corrected chi connectivity index (χ2v) is 7.52. The first-order chi connectivity index (χ1) is 9.82. The predicted molar refractivity (Wildman–Crippen MR) is 77.8 cm³/mol. The molecule has 0 spiro atoms. The smallest absolute Gasteiger partial charge is 0.285 e. The van der Waals surface area contributed by atoms with Crippen molar-refractivity contribution in [3.8, 4) is 0 Å².